The highest BCUT2D eigenvalue weighted by Crippen LogP contribution is 2.29. The molecule has 0 N–H and O–H groups in total. The molecule has 0 amide bonds. The first-order valence-electron chi connectivity index (χ1n) is 8.90. The van der Waals surface area contributed by atoms with Crippen molar-refractivity contribution in [1.82, 2.24) is 19.9 Å². The van der Waals surface area contributed by atoms with Crippen LogP contribution in [0.15, 0.2) is 36.7 Å². The summed E-state index contributed by atoms with van der Waals surface area (Å²) in [6.45, 7) is 3.99. The van der Waals surface area contributed by atoms with Crippen molar-refractivity contribution in [2.24, 2.45) is 0 Å². The lowest BCUT2D eigenvalue weighted by atomic mass is 10.1. The van der Waals surface area contributed by atoms with E-state index < -0.39 is 11.6 Å². The second-order valence-corrected chi connectivity index (χ2v) is 7.36. The van der Waals surface area contributed by atoms with Crippen molar-refractivity contribution in [1.29, 1.82) is 0 Å². The number of rotatable bonds is 3. The predicted molar refractivity (Wildman–Crippen MR) is 108 cm³/mol. The van der Waals surface area contributed by atoms with Crippen LogP contribution in [0.1, 0.15) is 6.92 Å². The summed E-state index contributed by atoms with van der Waals surface area (Å²) in [4.78, 5) is 21.0. The number of halogens is 4. The van der Waals surface area contributed by atoms with Gasteiger partial charge in [-0.1, -0.05) is 11.6 Å². The third-order valence-corrected chi connectivity index (χ3v) is 5.19. The zero-order chi connectivity index (χ0) is 20.5. The van der Waals surface area contributed by atoms with Gasteiger partial charge >= 0.3 is 0 Å². The molecule has 1 saturated heterocycles. The Hall–Kier alpha value is -2.58. The highest BCUT2D eigenvalue weighted by atomic mass is 35.5. The van der Waals surface area contributed by atoms with Gasteiger partial charge in [-0.3, -0.25) is 0 Å². The van der Waals surface area contributed by atoms with Gasteiger partial charge in [0.15, 0.2) is 22.6 Å². The van der Waals surface area contributed by atoms with E-state index in [9.17, 15) is 8.78 Å². The molecular weight excluding hydrogens is 421 g/mol. The predicted octanol–water partition coefficient (Wildman–Crippen LogP) is 4.23. The SMILES string of the molecule is C[C@@H]1CN(c2nccnc2Cl)CCN1c1cc(-c2ccc(F)c(F)c2)nc(Cl)n1. The van der Waals surface area contributed by atoms with E-state index in [2.05, 4.69) is 29.7 Å². The molecule has 6 nitrogen and oxygen atoms in total. The molecule has 3 aromatic rings. The summed E-state index contributed by atoms with van der Waals surface area (Å²) in [5, 5.41) is 0.396. The molecule has 1 atom stereocenters. The van der Waals surface area contributed by atoms with E-state index in [1.54, 1.807) is 18.5 Å². The summed E-state index contributed by atoms with van der Waals surface area (Å²) in [5.74, 6) is -0.603. The van der Waals surface area contributed by atoms with Crippen LogP contribution in [-0.2, 0) is 0 Å². The van der Waals surface area contributed by atoms with Crippen LogP contribution < -0.4 is 9.80 Å². The molecule has 150 valence electrons. The Morgan fingerprint density at radius 1 is 1.00 bits per heavy atom. The molecule has 1 aliphatic rings. The van der Waals surface area contributed by atoms with Crippen LogP contribution >= 0.6 is 23.2 Å². The second-order valence-electron chi connectivity index (χ2n) is 6.67. The van der Waals surface area contributed by atoms with Crippen LogP contribution in [0.25, 0.3) is 11.3 Å². The highest BCUT2D eigenvalue weighted by Gasteiger charge is 2.27. The molecule has 4 rings (SSSR count). The molecule has 0 bridgehead atoms. The quantitative estimate of drug-likeness (QED) is 0.572. The van der Waals surface area contributed by atoms with Gasteiger partial charge in [-0.05, 0) is 36.7 Å². The third-order valence-electron chi connectivity index (χ3n) is 4.76. The summed E-state index contributed by atoms with van der Waals surface area (Å²) >= 11 is 12.3. The van der Waals surface area contributed by atoms with E-state index in [1.165, 1.54) is 6.07 Å². The Labute approximate surface area is 176 Å². The molecule has 1 fully saturated rings. The number of piperazine rings is 1. The molecule has 0 unspecified atom stereocenters. The van der Waals surface area contributed by atoms with Gasteiger partial charge in [-0.2, -0.15) is 0 Å². The summed E-state index contributed by atoms with van der Waals surface area (Å²) < 4.78 is 26.9. The number of anilines is 2. The Kier molecular flexibility index (Phi) is 5.47. The first-order valence-corrected chi connectivity index (χ1v) is 9.66. The topological polar surface area (TPSA) is 58.0 Å². The molecule has 1 aliphatic heterocycles. The summed E-state index contributed by atoms with van der Waals surface area (Å²) in [6, 6.07) is 5.39. The fraction of sp³-hybridized carbons (Fsp3) is 0.263. The highest BCUT2D eigenvalue weighted by molar-refractivity contribution is 6.31. The van der Waals surface area contributed by atoms with Crippen molar-refractivity contribution in [3.63, 3.8) is 0 Å². The Morgan fingerprint density at radius 2 is 1.79 bits per heavy atom. The van der Waals surface area contributed by atoms with E-state index in [0.29, 0.717) is 47.7 Å². The molecular formula is C19H16Cl2F2N6. The summed E-state index contributed by atoms with van der Waals surface area (Å²) in [5.41, 5.74) is 0.845. The van der Waals surface area contributed by atoms with Crippen LogP contribution in [-0.4, -0.2) is 45.6 Å². The number of hydrogen-bond acceptors (Lipinski definition) is 6. The Balaban J connectivity index is 1.60. The smallest absolute Gasteiger partial charge is 0.224 e. The standard InChI is InChI=1S/C19H16Cl2F2N6/c1-11-10-28(18-17(20)24-4-5-25-18)6-7-29(11)16-9-15(26-19(21)27-16)12-2-3-13(22)14(23)8-12/h2-5,8-9,11H,6-7,10H2,1H3/t11-/m1/s1. The van der Waals surface area contributed by atoms with Crippen molar-refractivity contribution < 1.29 is 8.78 Å². The van der Waals surface area contributed by atoms with Crippen molar-refractivity contribution >= 4 is 34.8 Å². The maximum atomic E-state index is 13.6. The van der Waals surface area contributed by atoms with Crippen molar-refractivity contribution in [3.05, 3.63) is 58.7 Å². The minimum atomic E-state index is -0.943. The van der Waals surface area contributed by atoms with Crippen LogP contribution in [0, 0.1) is 11.6 Å². The zero-order valence-corrected chi connectivity index (χ0v) is 16.9. The normalized spacial score (nSPS) is 16.9. The molecule has 1 aromatic carbocycles. The Morgan fingerprint density at radius 3 is 2.52 bits per heavy atom. The molecule has 0 radical (unpaired) electrons. The number of benzene rings is 1. The van der Waals surface area contributed by atoms with Crippen LogP contribution in [0.2, 0.25) is 10.4 Å². The minimum absolute atomic E-state index is 0.0360. The number of nitrogens with zero attached hydrogens (tertiary/aromatic N) is 6. The fourth-order valence-electron chi connectivity index (χ4n) is 3.37. The largest absolute Gasteiger partial charge is 0.350 e. The van der Waals surface area contributed by atoms with Crippen molar-refractivity contribution in [3.8, 4) is 11.3 Å². The van der Waals surface area contributed by atoms with Crippen LogP contribution in [0.5, 0.6) is 0 Å². The van der Waals surface area contributed by atoms with E-state index in [0.717, 1.165) is 12.1 Å². The van der Waals surface area contributed by atoms with Gasteiger partial charge in [0.05, 0.1) is 5.69 Å². The molecule has 29 heavy (non-hydrogen) atoms. The molecule has 2 aromatic heterocycles. The molecule has 10 heteroatoms. The first-order chi connectivity index (χ1) is 13.9. The first kappa shape index (κ1) is 19.7. The molecule has 0 saturated carbocycles. The van der Waals surface area contributed by atoms with Gasteiger partial charge in [0.1, 0.15) is 5.82 Å². The van der Waals surface area contributed by atoms with Crippen LogP contribution in [0.4, 0.5) is 20.4 Å². The van der Waals surface area contributed by atoms with E-state index in [1.807, 2.05) is 6.92 Å². The number of hydrogen-bond donors (Lipinski definition) is 0. The van der Waals surface area contributed by atoms with Gasteiger partial charge in [0.2, 0.25) is 5.28 Å². The third kappa shape index (κ3) is 4.09. The van der Waals surface area contributed by atoms with Gasteiger partial charge < -0.3 is 9.80 Å². The Bertz CT molecular complexity index is 1050. The van der Waals surface area contributed by atoms with Gasteiger partial charge in [-0.25, -0.2) is 28.7 Å². The molecule has 3 heterocycles. The van der Waals surface area contributed by atoms with E-state index in [4.69, 9.17) is 23.2 Å². The lowest BCUT2D eigenvalue weighted by Gasteiger charge is -2.41. The lowest BCUT2D eigenvalue weighted by Crippen LogP contribution is -2.52. The van der Waals surface area contributed by atoms with E-state index >= 15 is 0 Å². The second kappa shape index (κ2) is 8.04. The maximum absolute atomic E-state index is 13.6. The number of aromatic nitrogens is 4. The minimum Gasteiger partial charge on any atom is -0.350 e. The summed E-state index contributed by atoms with van der Waals surface area (Å²) in [7, 11) is 0. The van der Waals surface area contributed by atoms with Crippen molar-refractivity contribution in [2.45, 2.75) is 13.0 Å². The zero-order valence-electron chi connectivity index (χ0n) is 15.4. The summed E-state index contributed by atoms with van der Waals surface area (Å²) in [6.07, 6.45) is 3.16. The van der Waals surface area contributed by atoms with Gasteiger partial charge in [-0.15, -0.1) is 0 Å². The van der Waals surface area contributed by atoms with E-state index in [-0.39, 0.29) is 11.3 Å². The fourth-order valence-corrected chi connectivity index (χ4v) is 3.77. The van der Waals surface area contributed by atoms with Crippen LogP contribution in [0.3, 0.4) is 0 Å². The monoisotopic (exact) mass is 436 g/mol. The van der Waals surface area contributed by atoms with Gasteiger partial charge in [0, 0.05) is 49.7 Å². The average Bonchev–Trinajstić information content (AvgIpc) is 2.70. The van der Waals surface area contributed by atoms with Crippen molar-refractivity contribution in [2.75, 3.05) is 29.4 Å². The maximum Gasteiger partial charge on any atom is 0.224 e. The molecule has 0 spiro atoms. The lowest BCUT2D eigenvalue weighted by molar-refractivity contribution is 0.509. The molecule has 0 aliphatic carbocycles. The van der Waals surface area contributed by atoms with Gasteiger partial charge in [0.25, 0.3) is 0 Å². The average molecular weight is 437 g/mol.